The van der Waals surface area contributed by atoms with Crippen LogP contribution < -0.4 is 4.72 Å². The molecule has 0 heterocycles. The van der Waals surface area contributed by atoms with E-state index in [9.17, 15) is 27.2 Å². The number of halogens is 4. The summed E-state index contributed by atoms with van der Waals surface area (Å²) in [6.07, 6.45) is 0. The van der Waals surface area contributed by atoms with Crippen molar-refractivity contribution in [3.63, 3.8) is 0 Å². The lowest BCUT2D eigenvalue weighted by Gasteiger charge is -2.20. The van der Waals surface area contributed by atoms with Gasteiger partial charge in [0.1, 0.15) is 0 Å². The summed E-state index contributed by atoms with van der Waals surface area (Å²) in [4.78, 5) is 19.7. The van der Waals surface area contributed by atoms with E-state index < -0.39 is 23.7 Å². The molecule has 0 atom stereocenters. The van der Waals surface area contributed by atoms with Crippen LogP contribution >= 0.6 is 12.8 Å². The Morgan fingerprint density at radius 3 is 1.77 bits per heavy atom. The van der Waals surface area contributed by atoms with Crippen molar-refractivity contribution in [2.24, 2.45) is 0 Å². The maximum absolute atomic E-state index is 12.2. The highest BCUT2D eigenvalue weighted by atomic mass is 32.1. The fraction of sp³-hybridized carbons (Fsp3) is 0.500. The normalized spacial score (nSPS) is 12.4. The minimum atomic E-state index is -5.48. The molecule has 0 aliphatic rings. The van der Waals surface area contributed by atoms with Crippen LogP contribution in [0.25, 0.3) is 0 Å². The largest absolute Gasteiger partial charge is 0.477 e. The van der Waals surface area contributed by atoms with Crippen LogP contribution in [-0.2, 0) is 9.59 Å². The Kier molecular flexibility index (Phi) is 3.14. The van der Waals surface area contributed by atoms with Gasteiger partial charge in [0.25, 0.3) is 0 Å². The molecule has 0 aromatic heterocycles. The molecule has 0 fully saturated rings. The molecule has 13 heavy (non-hydrogen) atoms. The summed E-state index contributed by atoms with van der Waals surface area (Å²) in [6.45, 7) is 0. The zero-order valence-corrected chi connectivity index (χ0v) is 6.50. The van der Waals surface area contributed by atoms with Crippen LogP contribution in [0, 0.1) is 0 Å². The fourth-order valence-corrected chi connectivity index (χ4v) is 0.469. The molecule has 0 aliphatic heterocycles. The van der Waals surface area contributed by atoms with E-state index in [1.54, 1.807) is 0 Å². The van der Waals surface area contributed by atoms with Gasteiger partial charge in [-0.25, -0.2) is 4.79 Å². The molecule has 0 aromatic carbocycles. The highest BCUT2D eigenvalue weighted by Crippen LogP contribution is 2.34. The van der Waals surface area contributed by atoms with Crippen LogP contribution in [0.5, 0.6) is 0 Å². The van der Waals surface area contributed by atoms with Gasteiger partial charge in [-0.3, -0.25) is 9.52 Å². The molecule has 0 spiro atoms. The summed E-state index contributed by atoms with van der Waals surface area (Å²) >= 11 is 3.57. The van der Waals surface area contributed by atoms with E-state index in [-0.39, 0.29) is 0 Å². The second kappa shape index (κ2) is 3.40. The van der Waals surface area contributed by atoms with E-state index in [4.69, 9.17) is 5.11 Å². The maximum atomic E-state index is 12.2. The van der Waals surface area contributed by atoms with Crippen molar-refractivity contribution in [3.8, 4) is 0 Å². The second-order valence-electron chi connectivity index (χ2n) is 1.89. The number of rotatable bonds is 3. The van der Waals surface area contributed by atoms with Gasteiger partial charge in [0, 0.05) is 12.8 Å². The molecule has 0 aromatic rings. The van der Waals surface area contributed by atoms with E-state index in [1.807, 2.05) is 0 Å². The first-order chi connectivity index (χ1) is 5.67. The predicted molar refractivity (Wildman–Crippen MR) is 33.3 cm³/mol. The standard InChI is InChI=1S/C4H2F4NO3S/c5-3(6,1(10)9-13)4(7,8)2(11)12/h(H,9,10)(H,11,12). The highest BCUT2D eigenvalue weighted by molar-refractivity contribution is 7.78. The summed E-state index contributed by atoms with van der Waals surface area (Å²) in [5, 5.41) is 7.68. The molecule has 4 nitrogen and oxygen atoms in total. The number of hydrogen-bond donors (Lipinski definition) is 2. The molecule has 0 bridgehead atoms. The second-order valence-corrected chi connectivity index (χ2v) is 2.09. The van der Waals surface area contributed by atoms with Crippen molar-refractivity contribution in [1.29, 1.82) is 0 Å². The van der Waals surface area contributed by atoms with Crippen LogP contribution in [0.2, 0.25) is 0 Å². The maximum Gasteiger partial charge on any atom is 0.413 e. The number of alkyl halides is 4. The fourth-order valence-electron chi connectivity index (χ4n) is 0.341. The number of carboxylic acid groups (broad SMARTS) is 1. The van der Waals surface area contributed by atoms with Gasteiger partial charge in [0.05, 0.1) is 0 Å². The van der Waals surface area contributed by atoms with E-state index >= 15 is 0 Å². The molecular weight excluding hydrogens is 218 g/mol. The molecule has 0 saturated carbocycles. The van der Waals surface area contributed by atoms with Crippen molar-refractivity contribution in [2.45, 2.75) is 11.8 Å². The summed E-state index contributed by atoms with van der Waals surface area (Å²) in [7, 11) is 0. The Balaban J connectivity index is 5.02. The van der Waals surface area contributed by atoms with E-state index in [2.05, 4.69) is 12.8 Å². The van der Waals surface area contributed by atoms with Gasteiger partial charge in [0.15, 0.2) is 0 Å². The first kappa shape index (κ1) is 12.0. The number of hydrogen-bond acceptors (Lipinski definition) is 2. The number of nitrogens with one attached hydrogen (secondary N) is 1. The van der Waals surface area contributed by atoms with E-state index in [0.717, 1.165) is 4.72 Å². The molecule has 0 saturated heterocycles. The number of carbonyl (C=O) groups excluding carboxylic acids is 1. The molecule has 0 unspecified atom stereocenters. The van der Waals surface area contributed by atoms with Crippen molar-refractivity contribution < 1.29 is 32.3 Å². The minimum Gasteiger partial charge on any atom is -0.477 e. The van der Waals surface area contributed by atoms with Gasteiger partial charge >= 0.3 is 23.7 Å². The van der Waals surface area contributed by atoms with Crippen LogP contribution in [0.15, 0.2) is 0 Å². The quantitative estimate of drug-likeness (QED) is 0.683. The number of aliphatic carboxylic acids is 1. The zero-order valence-electron chi connectivity index (χ0n) is 5.68. The van der Waals surface area contributed by atoms with Crippen LogP contribution in [-0.4, -0.2) is 28.8 Å². The third-order valence-corrected chi connectivity index (χ3v) is 1.23. The van der Waals surface area contributed by atoms with Crippen LogP contribution in [0.4, 0.5) is 17.6 Å². The van der Waals surface area contributed by atoms with Crippen molar-refractivity contribution in [1.82, 2.24) is 4.72 Å². The molecule has 9 heteroatoms. The van der Waals surface area contributed by atoms with Crippen molar-refractivity contribution in [3.05, 3.63) is 0 Å². The third kappa shape index (κ3) is 1.85. The third-order valence-electron chi connectivity index (χ3n) is 1.04. The summed E-state index contributed by atoms with van der Waals surface area (Å²) in [5.41, 5.74) is 0. The van der Waals surface area contributed by atoms with Crippen molar-refractivity contribution >= 4 is 24.7 Å². The Hall–Kier alpha value is -0.990. The summed E-state index contributed by atoms with van der Waals surface area (Å²) in [6, 6.07) is 0. The van der Waals surface area contributed by atoms with Gasteiger partial charge in [-0.15, -0.1) is 0 Å². The molecular formula is C4H2F4NO3S. The van der Waals surface area contributed by atoms with Crippen LogP contribution in [0.3, 0.4) is 0 Å². The molecule has 1 radical (unpaired) electrons. The number of carbonyl (C=O) groups is 2. The Morgan fingerprint density at radius 2 is 1.54 bits per heavy atom. The Morgan fingerprint density at radius 1 is 1.15 bits per heavy atom. The Bertz CT molecular complexity index is 244. The predicted octanol–water partition coefficient (Wildman–Crippen LogP) is 0.570. The minimum absolute atomic E-state index is 0.817. The first-order valence-electron chi connectivity index (χ1n) is 2.59. The molecule has 75 valence electrons. The SMILES string of the molecule is O=C(O)C(F)(F)C(F)(F)C(=O)N[S]. The summed E-state index contributed by atoms with van der Waals surface area (Å²) < 4.78 is 49.5. The summed E-state index contributed by atoms with van der Waals surface area (Å²) in [5.74, 6) is -16.5. The lowest BCUT2D eigenvalue weighted by atomic mass is 10.1. The van der Waals surface area contributed by atoms with E-state index in [1.165, 1.54) is 0 Å². The van der Waals surface area contributed by atoms with Crippen molar-refractivity contribution in [2.75, 3.05) is 0 Å². The van der Waals surface area contributed by atoms with Gasteiger partial charge in [0.2, 0.25) is 0 Å². The van der Waals surface area contributed by atoms with Gasteiger partial charge in [-0.2, -0.15) is 17.6 Å². The molecule has 1 amide bonds. The molecule has 0 aliphatic carbocycles. The smallest absolute Gasteiger partial charge is 0.413 e. The molecule has 2 N–H and O–H groups in total. The average Bonchev–Trinajstić information content (AvgIpc) is 2.02. The molecule has 0 rings (SSSR count). The monoisotopic (exact) mass is 220 g/mol. The lowest BCUT2D eigenvalue weighted by Crippen LogP contribution is -2.54. The lowest BCUT2D eigenvalue weighted by molar-refractivity contribution is -0.221. The number of amides is 1. The highest BCUT2D eigenvalue weighted by Gasteiger charge is 2.67. The zero-order chi connectivity index (χ0) is 10.9. The van der Waals surface area contributed by atoms with Gasteiger partial charge in [-0.05, 0) is 0 Å². The van der Waals surface area contributed by atoms with E-state index in [0.29, 0.717) is 0 Å². The van der Waals surface area contributed by atoms with Crippen LogP contribution in [0.1, 0.15) is 0 Å². The van der Waals surface area contributed by atoms with Gasteiger partial charge in [-0.1, -0.05) is 0 Å². The first-order valence-corrected chi connectivity index (χ1v) is 3.00. The number of carboxylic acids is 1. The Labute approximate surface area is 74.5 Å². The topological polar surface area (TPSA) is 66.4 Å². The van der Waals surface area contributed by atoms with Gasteiger partial charge < -0.3 is 5.11 Å². The average molecular weight is 220 g/mol.